The number of para-hydroxylation sites is 1. The summed E-state index contributed by atoms with van der Waals surface area (Å²) < 4.78 is 5.39. The Kier molecular flexibility index (Phi) is 4.36. The lowest BCUT2D eigenvalue weighted by atomic mass is 10.2. The third-order valence-corrected chi connectivity index (χ3v) is 2.64. The summed E-state index contributed by atoms with van der Waals surface area (Å²) in [5.41, 5.74) is 8.22. The molecule has 0 aliphatic rings. The number of carbonyl (C=O) groups is 1. The van der Waals surface area contributed by atoms with Crippen molar-refractivity contribution in [2.75, 3.05) is 13.1 Å². The van der Waals surface area contributed by atoms with E-state index >= 15 is 0 Å². The summed E-state index contributed by atoms with van der Waals surface area (Å²) >= 11 is 0. The molecular weight excluding hydrogens is 260 g/mol. The third-order valence-electron chi connectivity index (χ3n) is 2.64. The Morgan fingerprint density at radius 3 is 3.00 bits per heavy atom. The molecular formula is C13H12N4O3. The van der Waals surface area contributed by atoms with E-state index in [1.807, 2.05) is 0 Å². The number of amides is 1. The fourth-order valence-electron chi connectivity index (χ4n) is 1.70. The molecule has 0 unspecified atom stereocenters. The fraction of sp³-hybridized carbons (Fsp3) is 0.231. The van der Waals surface area contributed by atoms with Crippen LogP contribution in [0.25, 0.3) is 21.4 Å². The van der Waals surface area contributed by atoms with Gasteiger partial charge in [-0.25, -0.2) is 0 Å². The van der Waals surface area contributed by atoms with Gasteiger partial charge in [-0.15, -0.1) is 0 Å². The summed E-state index contributed by atoms with van der Waals surface area (Å²) in [6, 6.07) is 7.91. The number of hydrogen-bond donors (Lipinski definition) is 1. The second kappa shape index (κ2) is 6.40. The van der Waals surface area contributed by atoms with E-state index in [1.165, 1.54) is 6.07 Å². The molecule has 102 valence electrons. The number of rotatable bonds is 5. The minimum atomic E-state index is -0.464. The molecule has 2 aromatic rings. The van der Waals surface area contributed by atoms with Gasteiger partial charge in [-0.05, 0) is 24.1 Å². The Morgan fingerprint density at radius 2 is 2.20 bits per heavy atom. The van der Waals surface area contributed by atoms with Gasteiger partial charge in [0.05, 0.1) is 5.39 Å². The number of carbonyl (C=O) groups excluding carboxylic acids is 1. The smallest absolute Gasteiger partial charge is 0.287 e. The van der Waals surface area contributed by atoms with Gasteiger partial charge in [0.1, 0.15) is 5.58 Å². The van der Waals surface area contributed by atoms with Crippen molar-refractivity contribution in [1.82, 2.24) is 5.32 Å². The zero-order valence-corrected chi connectivity index (χ0v) is 10.6. The maximum Gasteiger partial charge on any atom is 0.287 e. The number of fused-ring (bicyclic) bond motifs is 1. The van der Waals surface area contributed by atoms with E-state index in [2.05, 4.69) is 15.3 Å². The van der Waals surface area contributed by atoms with Crippen LogP contribution in [-0.2, 0) is 0 Å². The maximum absolute atomic E-state index is 11.8. The van der Waals surface area contributed by atoms with Gasteiger partial charge in [-0.1, -0.05) is 17.2 Å². The van der Waals surface area contributed by atoms with E-state index < -0.39 is 5.91 Å². The molecule has 20 heavy (non-hydrogen) atoms. The van der Waals surface area contributed by atoms with Crippen molar-refractivity contribution in [3.8, 4) is 0 Å². The molecule has 0 saturated heterocycles. The van der Waals surface area contributed by atoms with E-state index in [4.69, 9.17) is 9.95 Å². The first kappa shape index (κ1) is 13.6. The summed E-state index contributed by atoms with van der Waals surface area (Å²) in [6.45, 7) is 0.646. The van der Waals surface area contributed by atoms with Crippen LogP contribution in [0.15, 0.2) is 44.7 Å². The SMILES string of the molecule is [N-]=[N+]=NCCCNC(=O)c1cc(=O)c2ccccc2o1. The molecule has 2 rings (SSSR count). The van der Waals surface area contributed by atoms with Crippen LogP contribution in [0.4, 0.5) is 0 Å². The Labute approximate surface area is 113 Å². The number of nitrogens with zero attached hydrogens (tertiary/aromatic N) is 3. The van der Waals surface area contributed by atoms with Gasteiger partial charge >= 0.3 is 0 Å². The van der Waals surface area contributed by atoms with Crippen LogP contribution in [0.3, 0.4) is 0 Å². The van der Waals surface area contributed by atoms with Gasteiger partial charge < -0.3 is 9.73 Å². The molecule has 0 aliphatic carbocycles. The van der Waals surface area contributed by atoms with Crippen LogP contribution in [0.1, 0.15) is 17.0 Å². The van der Waals surface area contributed by atoms with Crippen molar-refractivity contribution in [3.63, 3.8) is 0 Å². The average Bonchev–Trinajstić information content (AvgIpc) is 2.47. The van der Waals surface area contributed by atoms with Gasteiger partial charge in [0.15, 0.2) is 11.2 Å². The van der Waals surface area contributed by atoms with E-state index in [1.54, 1.807) is 24.3 Å². The van der Waals surface area contributed by atoms with Gasteiger partial charge in [0.2, 0.25) is 0 Å². The molecule has 0 radical (unpaired) electrons. The Hall–Kier alpha value is -2.79. The number of azide groups is 1. The number of hydrogen-bond acceptors (Lipinski definition) is 4. The van der Waals surface area contributed by atoms with E-state index in [0.29, 0.717) is 30.5 Å². The lowest BCUT2D eigenvalue weighted by Crippen LogP contribution is -2.25. The van der Waals surface area contributed by atoms with Crippen molar-refractivity contribution in [1.29, 1.82) is 0 Å². The summed E-state index contributed by atoms with van der Waals surface area (Å²) in [7, 11) is 0. The van der Waals surface area contributed by atoms with Crippen molar-refractivity contribution in [3.05, 3.63) is 56.8 Å². The summed E-state index contributed by atoms with van der Waals surface area (Å²) in [5, 5.41) is 6.38. The largest absolute Gasteiger partial charge is 0.451 e. The van der Waals surface area contributed by atoms with Crippen LogP contribution in [-0.4, -0.2) is 19.0 Å². The van der Waals surface area contributed by atoms with Crippen LogP contribution >= 0.6 is 0 Å². The van der Waals surface area contributed by atoms with Crippen molar-refractivity contribution < 1.29 is 9.21 Å². The summed E-state index contributed by atoms with van der Waals surface area (Å²) in [5.74, 6) is -0.494. The van der Waals surface area contributed by atoms with E-state index in [9.17, 15) is 9.59 Å². The zero-order chi connectivity index (χ0) is 14.4. The van der Waals surface area contributed by atoms with Crippen LogP contribution < -0.4 is 10.7 Å². The first-order chi connectivity index (χ1) is 9.72. The second-order valence-electron chi connectivity index (χ2n) is 4.03. The minimum Gasteiger partial charge on any atom is -0.451 e. The fourth-order valence-corrected chi connectivity index (χ4v) is 1.70. The first-order valence-electron chi connectivity index (χ1n) is 6.04. The first-order valence-corrected chi connectivity index (χ1v) is 6.04. The average molecular weight is 272 g/mol. The predicted octanol–water partition coefficient (Wildman–Crippen LogP) is 2.22. The molecule has 0 aliphatic heterocycles. The van der Waals surface area contributed by atoms with Crippen LogP contribution in [0.5, 0.6) is 0 Å². The van der Waals surface area contributed by atoms with Gasteiger partial charge in [0.25, 0.3) is 5.91 Å². The molecule has 0 bridgehead atoms. The second-order valence-corrected chi connectivity index (χ2v) is 4.03. The highest BCUT2D eigenvalue weighted by molar-refractivity contribution is 5.93. The van der Waals surface area contributed by atoms with E-state index in [0.717, 1.165) is 0 Å². The van der Waals surface area contributed by atoms with Crippen molar-refractivity contribution >= 4 is 16.9 Å². The highest BCUT2D eigenvalue weighted by Crippen LogP contribution is 2.11. The highest BCUT2D eigenvalue weighted by atomic mass is 16.3. The Balaban J connectivity index is 2.10. The number of benzene rings is 1. The lowest BCUT2D eigenvalue weighted by molar-refractivity contribution is 0.0926. The minimum absolute atomic E-state index is 0.0301. The van der Waals surface area contributed by atoms with Crippen molar-refractivity contribution in [2.45, 2.75) is 6.42 Å². The summed E-state index contributed by atoms with van der Waals surface area (Å²) in [4.78, 5) is 26.3. The normalized spacial score (nSPS) is 10.0. The van der Waals surface area contributed by atoms with Crippen LogP contribution in [0.2, 0.25) is 0 Å². The topological polar surface area (TPSA) is 108 Å². The molecule has 7 heteroatoms. The molecule has 7 nitrogen and oxygen atoms in total. The molecule has 0 fully saturated rings. The molecule has 1 heterocycles. The Bertz CT molecular complexity index is 732. The predicted molar refractivity (Wildman–Crippen MR) is 73.4 cm³/mol. The van der Waals surface area contributed by atoms with Gasteiger partial charge in [0, 0.05) is 24.1 Å². The Morgan fingerprint density at radius 1 is 1.40 bits per heavy atom. The summed E-state index contributed by atoms with van der Waals surface area (Å²) in [6.07, 6.45) is 0.521. The molecule has 1 aromatic heterocycles. The maximum atomic E-state index is 11.8. The standard InChI is InChI=1S/C13H12N4O3/c14-17-16-7-3-6-15-13(19)12-8-10(18)9-4-1-2-5-11(9)20-12/h1-2,4-5,8H,3,6-7H2,(H,15,19). The van der Waals surface area contributed by atoms with Gasteiger partial charge in [-0.2, -0.15) is 0 Å². The van der Waals surface area contributed by atoms with Crippen LogP contribution in [0, 0.1) is 0 Å². The molecule has 1 N–H and O–H groups in total. The van der Waals surface area contributed by atoms with E-state index in [-0.39, 0.29) is 11.2 Å². The zero-order valence-electron chi connectivity index (χ0n) is 10.6. The van der Waals surface area contributed by atoms with Crippen molar-refractivity contribution in [2.24, 2.45) is 5.11 Å². The monoisotopic (exact) mass is 272 g/mol. The molecule has 0 saturated carbocycles. The third kappa shape index (κ3) is 3.15. The number of nitrogens with one attached hydrogen (secondary N) is 1. The molecule has 1 amide bonds. The highest BCUT2D eigenvalue weighted by Gasteiger charge is 2.11. The lowest BCUT2D eigenvalue weighted by Gasteiger charge is -2.04. The molecule has 1 aromatic carbocycles. The van der Waals surface area contributed by atoms with Gasteiger partial charge in [-0.3, -0.25) is 9.59 Å². The quantitative estimate of drug-likeness (QED) is 0.390. The molecule has 0 spiro atoms. The molecule has 0 atom stereocenters.